The van der Waals surface area contributed by atoms with Gasteiger partial charge in [0.25, 0.3) is 0 Å². The Labute approximate surface area is 152 Å². The Morgan fingerprint density at radius 2 is 1.81 bits per heavy atom. The van der Waals surface area contributed by atoms with Crippen LogP contribution >= 0.6 is 0 Å². The highest BCUT2D eigenvalue weighted by molar-refractivity contribution is 5.98. The summed E-state index contributed by atoms with van der Waals surface area (Å²) in [7, 11) is 0. The highest BCUT2D eigenvalue weighted by Gasteiger charge is 2.29. The van der Waals surface area contributed by atoms with Crippen LogP contribution in [0, 0.1) is 6.92 Å². The monoisotopic (exact) mass is 350 g/mol. The van der Waals surface area contributed by atoms with Crippen molar-refractivity contribution in [1.29, 1.82) is 0 Å². The van der Waals surface area contributed by atoms with Gasteiger partial charge >= 0.3 is 0 Å². The van der Waals surface area contributed by atoms with E-state index in [-0.39, 0.29) is 11.7 Å². The fraction of sp³-hybridized carbons (Fsp3) is 0.400. The first-order chi connectivity index (χ1) is 12.6. The molecule has 1 saturated heterocycles. The van der Waals surface area contributed by atoms with Crippen molar-refractivity contribution in [1.82, 2.24) is 14.9 Å². The molecule has 1 aromatic heterocycles. The van der Waals surface area contributed by atoms with Crippen LogP contribution < -0.4 is 4.90 Å². The summed E-state index contributed by atoms with van der Waals surface area (Å²) in [5, 5.41) is 0. The summed E-state index contributed by atoms with van der Waals surface area (Å²) in [6.07, 6.45) is 3.83. The van der Waals surface area contributed by atoms with Crippen LogP contribution in [0.1, 0.15) is 39.5 Å². The molecule has 0 bridgehead atoms. The molecule has 1 aromatic carbocycles. The number of fused-ring (bicyclic) bond motifs is 1. The Morgan fingerprint density at radius 3 is 2.50 bits per heavy atom. The lowest BCUT2D eigenvalue weighted by molar-refractivity contribution is -0.118. The average molecular weight is 350 g/mol. The number of aromatic nitrogens is 2. The molecular formula is C20H22N4O2. The third-order valence-corrected chi connectivity index (χ3v) is 5.32. The van der Waals surface area contributed by atoms with Crippen LogP contribution in [-0.4, -0.2) is 53.2 Å². The smallest absolute Gasteiger partial charge is 0.225 e. The van der Waals surface area contributed by atoms with Gasteiger partial charge in [-0.2, -0.15) is 0 Å². The highest BCUT2D eigenvalue weighted by Crippen LogP contribution is 2.32. The number of piperazine rings is 1. The minimum absolute atomic E-state index is 0.120. The fourth-order valence-electron chi connectivity index (χ4n) is 3.69. The second-order valence-electron chi connectivity index (χ2n) is 7.10. The number of amides is 1. The Morgan fingerprint density at radius 1 is 1.08 bits per heavy atom. The Balaban J connectivity index is 1.57. The van der Waals surface area contributed by atoms with E-state index in [4.69, 9.17) is 4.98 Å². The second-order valence-corrected chi connectivity index (χ2v) is 7.10. The molecule has 1 atom stereocenters. The lowest BCUT2D eigenvalue weighted by Gasteiger charge is -2.33. The van der Waals surface area contributed by atoms with Crippen LogP contribution in [0.4, 0.5) is 5.95 Å². The molecule has 1 unspecified atom stereocenters. The van der Waals surface area contributed by atoms with Crippen LogP contribution in [0.3, 0.4) is 0 Å². The molecule has 2 heterocycles. The third-order valence-electron chi connectivity index (χ3n) is 5.32. The number of nitrogens with zero attached hydrogens (tertiary/aromatic N) is 4. The number of anilines is 1. The van der Waals surface area contributed by atoms with Crippen molar-refractivity contribution in [3.8, 4) is 0 Å². The van der Waals surface area contributed by atoms with Gasteiger partial charge in [0.1, 0.15) is 0 Å². The van der Waals surface area contributed by atoms with Crippen LogP contribution in [0.5, 0.6) is 0 Å². The van der Waals surface area contributed by atoms with Gasteiger partial charge in [0.05, 0.1) is 11.3 Å². The summed E-state index contributed by atoms with van der Waals surface area (Å²) in [5.41, 5.74) is 3.91. The summed E-state index contributed by atoms with van der Waals surface area (Å²) in [4.78, 5) is 36.4. The topological polar surface area (TPSA) is 66.4 Å². The first-order valence-electron chi connectivity index (χ1n) is 9.04. The summed E-state index contributed by atoms with van der Waals surface area (Å²) in [6.45, 7) is 4.85. The van der Waals surface area contributed by atoms with Crippen molar-refractivity contribution in [3.05, 3.63) is 52.8 Å². The lowest BCUT2D eigenvalue weighted by Crippen LogP contribution is -2.46. The number of carbonyl (C=O) groups is 2. The van der Waals surface area contributed by atoms with Crippen molar-refractivity contribution in [2.45, 2.75) is 25.7 Å². The zero-order chi connectivity index (χ0) is 18.1. The molecule has 4 rings (SSSR count). The van der Waals surface area contributed by atoms with E-state index in [1.165, 1.54) is 11.1 Å². The number of ketones is 1. The lowest BCUT2D eigenvalue weighted by atomic mass is 9.82. The van der Waals surface area contributed by atoms with Gasteiger partial charge in [-0.05, 0) is 24.8 Å². The Hall–Kier alpha value is -2.76. The van der Waals surface area contributed by atoms with E-state index in [0.29, 0.717) is 44.1 Å². The number of Topliss-reactive ketones (excluding diaryl/α,β-unsaturated/α-hetero) is 1. The van der Waals surface area contributed by atoms with Crippen molar-refractivity contribution in [3.63, 3.8) is 0 Å². The van der Waals surface area contributed by atoms with Gasteiger partial charge in [-0.3, -0.25) is 9.59 Å². The molecule has 0 radical (unpaired) electrons. The number of carbonyl (C=O) groups excluding carboxylic acids is 2. The fourth-order valence-corrected chi connectivity index (χ4v) is 3.69. The summed E-state index contributed by atoms with van der Waals surface area (Å²) in [6, 6.07) is 8.40. The van der Waals surface area contributed by atoms with E-state index in [1.54, 1.807) is 11.1 Å². The molecule has 0 spiro atoms. The normalized spacial score (nSPS) is 20.0. The molecule has 1 amide bonds. The van der Waals surface area contributed by atoms with E-state index in [9.17, 15) is 9.59 Å². The van der Waals surface area contributed by atoms with Gasteiger partial charge in [-0.25, -0.2) is 9.97 Å². The number of rotatable bonds is 3. The summed E-state index contributed by atoms with van der Waals surface area (Å²) >= 11 is 0. The summed E-state index contributed by atoms with van der Waals surface area (Å²) in [5.74, 6) is 0.950. The van der Waals surface area contributed by atoms with Gasteiger partial charge in [0, 0.05) is 38.8 Å². The molecule has 2 aromatic rings. The third kappa shape index (κ3) is 3.19. The van der Waals surface area contributed by atoms with Crippen LogP contribution in [0.15, 0.2) is 30.5 Å². The molecule has 1 aliphatic heterocycles. The Kier molecular flexibility index (Phi) is 4.41. The van der Waals surface area contributed by atoms with E-state index >= 15 is 0 Å². The average Bonchev–Trinajstić information content (AvgIpc) is 2.68. The molecule has 0 saturated carbocycles. The standard InChI is InChI=1S/C20H22N4O2/c1-14-2-4-15(5-3-14)16-10-18-17(19(26)11-16)12-21-20(22-18)24-8-6-23(13-25)7-9-24/h2-5,12-13,16H,6-11H2,1H3. The van der Waals surface area contributed by atoms with Gasteiger partial charge in [-0.1, -0.05) is 29.8 Å². The quantitative estimate of drug-likeness (QED) is 0.792. The van der Waals surface area contributed by atoms with Crippen molar-refractivity contribution >= 4 is 18.1 Å². The first kappa shape index (κ1) is 16.7. The Bertz CT molecular complexity index is 826. The minimum atomic E-state index is 0.120. The number of hydrogen-bond donors (Lipinski definition) is 0. The molecule has 1 aliphatic carbocycles. The molecule has 2 aliphatic rings. The van der Waals surface area contributed by atoms with E-state index in [2.05, 4.69) is 41.1 Å². The van der Waals surface area contributed by atoms with E-state index < -0.39 is 0 Å². The predicted octanol–water partition coefficient (Wildman–Crippen LogP) is 1.98. The van der Waals surface area contributed by atoms with Crippen molar-refractivity contribution in [2.75, 3.05) is 31.1 Å². The zero-order valence-corrected chi connectivity index (χ0v) is 14.9. The SMILES string of the molecule is Cc1ccc(C2CC(=O)c3cnc(N4CCN(C=O)CC4)nc3C2)cc1. The molecular weight excluding hydrogens is 328 g/mol. The first-order valence-corrected chi connectivity index (χ1v) is 9.04. The number of benzene rings is 1. The zero-order valence-electron chi connectivity index (χ0n) is 14.9. The molecule has 26 heavy (non-hydrogen) atoms. The molecule has 6 heteroatoms. The van der Waals surface area contributed by atoms with Crippen molar-refractivity contribution < 1.29 is 9.59 Å². The highest BCUT2D eigenvalue weighted by atomic mass is 16.1. The molecule has 6 nitrogen and oxygen atoms in total. The number of aryl methyl sites for hydroxylation is 1. The van der Waals surface area contributed by atoms with Gasteiger partial charge in [-0.15, -0.1) is 0 Å². The van der Waals surface area contributed by atoms with Crippen LogP contribution in [0.25, 0.3) is 0 Å². The predicted molar refractivity (Wildman–Crippen MR) is 98.5 cm³/mol. The molecule has 134 valence electrons. The van der Waals surface area contributed by atoms with Gasteiger partial charge in [0.15, 0.2) is 5.78 Å². The van der Waals surface area contributed by atoms with E-state index in [0.717, 1.165) is 18.5 Å². The van der Waals surface area contributed by atoms with Crippen LogP contribution in [0.2, 0.25) is 0 Å². The second kappa shape index (κ2) is 6.86. The van der Waals surface area contributed by atoms with E-state index in [1.807, 2.05) is 0 Å². The van der Waals surface area contributed by atoms with Gasteiger partial charge in [0.2, 0.25) is 12.4 Å². The van der Waals surface area contributed by atoms with Crippen LogP contribution in [-0.2, 0) is 11.2 Å². The molecule has 0 N–H and O–H groups in total. The summed E-state index contributed by atoms with van der Waals surface area (Å²) < 4.78 is 0. The number of hydrogen-bond acceptors (Lipinski definition) is 5. The largest absolute Gasteiger partial charge is 0.342 e. The van der Waals surface area contributed by atoms with Gasteiger partial charge < -0.3 is 9.80 Å². The van der Waals surface area contributed by atoms with Crippen molar-refractivity contribution in [2.24, 2.45) is 0 Å². The minimum Gasteiger partial charge on any atom is -0.342 e. The molecule has 1 fully saturated rings. The maximum atomic E-state index is 12.6. The maximum Gasteiger partial charge on any atom is 0.225 e. The maximum absolute atomic E-state index is 12.6.